The molecule has 26 heavy (non-hydrogen) atoms. The number of thiazole rings is 1. The van der Waals surface area contributed by atoms with Crippen LogP contribution in [-0.2, 0) is 0 Å². The average molecular weight is 404 g/mol. The van der Waals surface area contributed by atoms with Gasteiger partial charge in [0.05, 0.1) is 33.4 Å². The number of fused-ring (bicyclic) bond motifs is 1. The lowest BCUT2D eigenvalue weighted by atomic mass is 10.2. The van der Waals surface area contributed by atoms with Crippen molar-refractivity contribution in [1.29, 1.82) is 5.26 Å². The lowest BCUT2D eigenvalue weighted by Crippen LogP contribution is -2.23. The first-order valence-corrected chi connectivity index (χ1v) is 9.57. The summed E-state index contributed by atoms with van der Waals surface area (Å²) in [6.45, 7) is 3.62. The molecule has 0 saturated carbocycles. The number of benzene rings is 2. The molecule has 0 unspecified atom stereocenters. The topological polar surface area (TPSA) is 64.6 Å². The van der Waals surface area contributed by atoms with Crippen molar-refractivity contribution in [2.75, 3.05) is 18.0 Å². The van der Waals surface area contributed by atoms with Gasteiger partial charge in [-0.15, -0.1) is 10.2 Å². The highest BCUT2D eigenvalue weighted by atomic mass is 35.5. The van der Waals surface area contributed by atoms with Crippen molar-refractivity contribution in [3.05, 3.63) is 46.4 Å². The molecule has 0 spiro atoms. The molecule has 1 aromatic heterocycles. The number of hydrogen-bond acceptors (Lipinski definition) is 6. The standard InChI is InChI=1S/C18H15Cl2N5S/c1-2-25(9-3-8-21)14-6-4-13(5-7-14)23-24-18-22-16-11-12(19)10-15(20)17(16)26-18/h4-7,10-11H,2-3,9H2,1H3. The van der Waals surface area contributed by atoms with Crippen LogP contribution >= 0.6 is 34.5 Å². The van der Waals surface area contributed by atoms with E-state index in [1.807, 2.05) is 24.3 Å². The lowest BCUT2D eigenvalue weighted by molar-refractivity contribution is 0.827. The lowest BCUT2D eigenvalue weighted by Gasteiger charge is -2.21. The molecule has 0 aliphatic carbocycles. The maximum absolute atomic E-state index is 8.74. The molecule has 0 amide bonds. The van der Waals surface area contributed by atoms with Crippen molar-refractivity contribution in [2.45, 2.75) is 13.3 Å². The highest BCUT2D eigenvalue weighted by Crippen LogP contribution is 2.36. The van der Waals surface area contributed by atoms with Gasteiger partial charge in [-0.25, -0.2) is 4.98 Å². The largest absolute Gasteiger partial charge is 0.371 e. The third kappa shape index (κ3) is 4.31. The normalized spacial score (nSPS) is 11.2. The van der Waals surface area contributed by atoms with Gasteiger partial charge < -0.3 is 4.90 Å². The Balaban J connectivity index is 1.76. The van der Waals surface area contributed by atoms with Gasteiger partial charge >= 0.3 is 0 Å². The summed E-state index contributed by atoms with van der Waals surface area (Å²) < 4.78 is 0.844. The van der Waals surface area contributed by atoms with Crippen LogP contribution in [0.4, 0.5) is 16.5 Å². The second kappa shape index (κ2) is 8.45. The van der Waals surface area contributed by atoms with E-state index in [2.05, 4.69) is 33.1 Å². The van der Waals surface area contributed by atoms with Crippen LogP contribution < -0.4 is 4.90 Å². The van der Waals surface area contributed by atoms with E-state index in [0.717, 1.165) is 22.6 Å². The molecule has 3 aromatic rings. The van der Waals surface area contributed by atoms with E-state index in [1.54, 1.807) is 12.1 Å². The predicted molar refractivity (Wildman–Crippen MR) is 108 cm³/mol. The summed E-state index contributed by atoms with van der Waals surface area (Å²) in [7, 11) is 0. The van der Waals surface area contributed by atoms with Crippen LogP contribution in [0.15, 0.2) is 46.6 Å². The maximum atomic E-state index is 8.74. The molecule has 3 rings (SSSR count). The van der Waals surface area contributed by atoms with Crippen molar-refractivity contribution < 1.29 is 0 Å². The molecule has 0 N–H and O–H groups in total. The minimum absolute atomic E-state index is 0.499. The summed E-state index contributed by atoms with van der Waals surface area (Å²) in [5.74, 6) is 0. The van der Waals surface area contributed by atoms with Gasteiger partial charge in [-0.05, 0) is 43.3 Å². The summed E-state index contributed by atoms with van der Waals surface area (Å²) in [5, 5.41) is 18.8. The van der Waals surface area contributed by atoms with E-state index in [0.29, 0.717) is 33.7 Å². The Morgan fingerprint density at radius 1 is 1.19 bits per heavy atom. The summed E-state index contributed by atoms with van der Waals surface area (Å²) >= 11 is 13.5. The third-order valence-electron chi connectivity index (χ3n) is 3.74. The summed E-state index contributed by atoms with van der Waals surface area (Å²) in [5.41, 5.74) is 2.50. The Labute approximate surface area is 165 Å². The van der Waals surface area contributed by atoms with E-state index in [1.165, 1.54) is 11.3 Å². The fourth-order valence-electron chi connectivity index (χ4n) is 2.48. The van der Waals surface area contributed by atoms with Gasteiger partial charge in [-0.1, -0.05) is 34.5 Å². The van der Waals surface area contributed by atoms with Crippen LogP contribution in [0.5, 0.6) is 0 Å². The second-order valence-electron chi connectivity index (χ2n) is 5.44. The molecule has 0 bridgehead atoms. The van der Waals surface area contributed by atoms with Crippen molar-refractivity contribution in [3.8, 4) is 6.07 Å². The molecule has 0 atom stereocenters. The van der Waals surface area contributed by atoms with Crippen LogP contribution in [0, 0.1) is 11.3 Å². The number of halogens is 2. The van der Waals surface area contributed by atoms with Crippen molar-refractivity contribution >= 4 is 61.3 Å². The zero-order chi connectivity index (χ0) is 18.5. The van der Waals surface area contributed by atoms with Gasteiger partial charge in [0.15, 0.2) is 0 Å². The minimum Gasteiger partial charge on any atom is -0.371 e. The number of anilines is 1. The maximum Gasteiger partial charge on any atom is 0.231 e. The molecule has 0 radical (unpaired) electrons. The number of azo groups is 1. The van der Waals surface area contributed by atoms with E-state index in [4.69, 9.17) is 28.5 Å². The fraction of sp³-hybridized carbons (Fsp3) is 0.222. The first kappa shape index (κ1) is 18.6. The van der Waals surface area contributed by atoms with Gasteiger partial charge in [0, 0.05) is 23.8 Å². The monoisotopic (exact) mass is 403 g/mol. The van der Waals surface area contributed by atoms with Crippen LogP contribution in [0.3, 0.4) is 0 Å². The molecule has 5 nitrogen and oxygen atoms in total. The van der Waals surface area contributed by atoms with Gasteiger partial charge in [0.1, 0.15) is 0 Å². The quantitative estimate of drug-likeness (QED) is 0.427. The summed E-state index contributed by atoms with van der Waals surface area (Å²) in [6.07, 6.45) is 0.499. The Kier molecular flexibility index (Phi) is 6.04. The molecule has 0 saturated heterocycles. The van der Waals surface area contributed by atoms with Crippen molar-refractivity contribution in [2.24, 2.45) is 10.2 Å². The number of nitrogens with zero attached hydrogens (tertiary/aromatic N) is 5. The van der Waals surface area contributed by atoms with Crippen LogP contribution in [0.25, 0.3) is 10.2 Å². The van der Waals surface area contributed by atoms with Gasteiger partial charge in [-0.2, -0.15) is 5.26 Å². The SMILES string of the molecule is CCN(CCC#N)c1ccc(N=Nc2nc3cc(Cl)cc(Cl)c3s2)cc1. The molecule has 2 aromatic carbocycles. The minimum atomic E-state index is 0.499. The van der Waals surface area contributed by atoms with Gasteiger partial charge in [-0.3, -0.25) is 0 Å². The Bertz CT molecular complexity index is 976. The third-order valence-corrected chi connectivity index (χ3v) is 5.36. The highest BCUT2D eigenvalue weighted by molar-refractivity contribution is 7.22. The smallest absolute Gasteiger partial charge is 0.231 e. The molecular formula is C18H15Cl2N5S. The average Bonchev–Trinajstić information content (AvgIpc) is 3.05. The van der Waals surface area contributed by atoms with E-state index >= 15 is 0 Å². The Morgan fingerprint density at radius 2 is 1.96 bits per heavy atom. The van der Waals surface area contributed by atoms with Gasteiger partial charge in [0.25, 0.3) is 0 Å². The molecule has 0 aliphatic heterocycles. The Morgan fingerprint density at radius 3 is 2.65 bits per heavy atom. The van der Waals surface area contributed by atoms with Crippen LogP contribution in [0.2, 0.25) is 10.0 Å². The first-order valence-electron chi connectivity index (χ1n) is 8.00. The van der Waals surface area contributed by atoms with Crippen LogP contribution in [-0.4, -0.2) is 18.1 Å². The molecule has 132 valence electrons. The number of rotatable bonds is 6. The molecular weight excluding hydrogens is 389 g/mol. The van der Waals surface area contributed by atoms with Crippen molar-refractivity contribution in [1.82, 2.24) is 4.98 Å². The van der Waals surface area contributed by atoms with Crippen LogP contribution in [0.1, 0.15) is 13.3 Å². The number of hydrogen-bond donors (Lipinski definition) is 0. The molecule has 8 heteroatoms. The molecule has 1 heterocycles. The Hall–Kier alpha value is -2.20. The van der Waals surface area contributed by atoms with E-state index < -0.39 is 0 Å². The number of aromatic nitrogens is 1. The first-order chi connectivity index (χ1) is 12.6. The molecule has 0 fully saturated rings. The summed E-state index contributed by atoms with van der Waals surface area (Å²) in [6, 6.07) is 13.4. The number of nitriles is 1. The van der Waals surface area contributed by atoms with E-state index in [9.17, 15) is 0 Å². The summed E-state index contributed by atoms with van der Waals surface area (Å²) in [4.78, 5) is 6.53. The van der Waals surface area contributed by atoms with Crippen molar-refractivity contribution in [3.63, 3.8) is 0 Å². The fourth-order valence-corrected chi connectivity index (χ4v) is 3.85. The highest BCUT2D eigenvalue weighted by Gasteiger charge is 2.08. The zero-order valence-electron chi connectivity index (χ0n) is 14.0. The van der Waals surface area contributed by atoms with E-state index in [-0.39, 0.29) is 0 Å². The van der Waals surface area contributed by atoms with Gasteiger partial charge in [0.2, 0.25) is 5.13 Å². The second-order valence-corrected chi connectivity index (χ2v) is 7.26. The molecule has 0 aliphatic rings. The zero-order valence-corrected chi connectivity index (χ0v) is 16.3. The predicted octanol–water partition coefficient (Wildman–Crippen LogP) is 6.76.